The summed E-state index contributed by atoms with van der Waals surface area (Å²) >= 11 is 0. The Balaban J connectivity index is 1.68. The van der Waals surface area contributed by atoms with Crippen LogP contribution in [-0.4, -0.2) is 54.5 Å². The maximum Gasteiger partial charge on any atom is 0.314 e. The number of sulfonamides is 1. The molecule has 140 valence electrons. The van der Waals surface area contributed by atoms with Crippen molar-refractivity contribution in [1.82, 2.24) is 19.6 Å². The molecule has 0 saturated carbocycles. The van der Waals surface area contributed by atoms with Crippen molar-refractivity contribution in [1.29, 1.82) is 0 Å². The number of benzene rings is 1. The van der Waals surface area contributed by atoms with Crippen molar-refractivity contribution >= 4 is 27.0 Å². The molecule has 1 saturated heterocycles. The molecule has 3 N–H and O–H groups in total. The number of fused-ring (bicyclic) bond motifs is 1. The van der Waals surface area contributed by atoms with Gasteiger partial charge in [-0.3, -0.25) is 14.4 Å². The van der Waals surface area contributed by atoms with E-state index in [4.69, 9.17) is 0 Å². The molecule has 1 atom stereocenters. The number of piperidine rings is 1. The Morgan fingerprint density at radius 3 is 2.62 bits per heavy atom. The van der Waals surface area contributed by atoms with Gasteiger partial charge in [0.2, 0.25) is 10.0 Å². The monoisotopic (exact) mass is 380 g/mol. The van der Waals surface area contributed by atoms with Crippen LogP contribution in [0.25, 0.3) is 11.0 Å². The van der Waals surface area contributed by atoms with E-state index in [1.54, 1.807) is 12.1 Å². The highest BCUT2D eigenvalue weighted by Gasteiger charge is 2.26. The molecule has 1 aliphatic heterocycles. The van der Waals surface area contributed by atoms with Crippen LogP contribution in [0.4, 0.5) is 0 Å². The van der Waals surface area contributed by atoms with Gasteiger partial charge in [0.25, 0.3) is 5.91 Å². The second kappa shape index (κ2) is 7.04. The van der Waals surface area contributed by atoms with Crippen molar-refractivity contribution < 1.29 is 13.2 Å². The Morgan fingerprint density at radius 1 is 1.23 bits per heavy atom. The number of nitrogens with zero attached hydrogens (tertiary/aromatic N) is 1. The fourth-order valence-electron chi connectivity index (χ4n) is 3.09. The lowest BCUT2D eigenvalue weighted by atomic mass is 9.99. The van der Waals surface area contributed by atoms with Gasteiger partial charge in [0.1, 0.15) is 0 Å². The molecule has 0 unspecified atom stereocenters. The Morgan fingerprint density at radius 2 is 1.92 bits per heavy atom. The molecule has 0 aliphatic carbocycles. The normalized spacial score (nSPS) is 18.7. The van der Waals surface area contributed by atoms with E-state index in [1.165, 1.54) is 16.6 Å². The first-order chi connectivity index (χ1) is 12.2. The van der Waals surface area contributed by atoms with Crippen LogP contribution in [0, 0.1) is 5.92 Å². The minimum absolute atomic E-state index is 0.0547. The standard InChI is InChI=1S/C16H20N4O5S/c1-26(24,25)20-6-2-3-10(9-20)8-17-14(21)11-4-5-12-13(7-11)19-16(23)15(22)18-12/h4-5,7,10H,2-3,6,8-9H2,1H3,(H,17,21)(H,18,22)(H,19,23)/t10-/m1/s1. The summed E-state index contributed by atoms with van der Waals surface area (Å²) in [6.45, 7) is 1.27. The number of aromatic amines is 2. The molecule has 1 amide bonds. The van der Waals surface area contributed by atoms with E-state index in [0.29, 0.717) is 36.2 Å². The molecule has 1 aromatic carbocycles. The molecule has 1 aromatic heterocycles. The van der Waals surface area contributed by atoms with Gasteiger partial charge >= 0.3 is 11.1 Å². The van der Waals surface area contributed by atoms with Gasteiger partial charge in [-0.2, -0.15) is 0 Å². The van der Waals surface area contributed by atoms with Gasteiger partial charge in [0.15, 0.2) is 0 Å². The molecule has 3 rings (SSSR count). The van der Waals surface area contributed by atoms with E-state index in [-0.39, 0.29) is 11.8 Å². The first-order valence-corrected chi connectivity index (χ1v) is 10.1. The number of aromatic nitrogens is 2. The highest BCUT2D eigenvalue weighted by atomic mass is 32.2. The summed E-state index contributed by atoms with van der Waals surface area (Å²) in [4.78, 5) is 39.9. The van der Waals surface area contributed by atoms with E-state index >= 15 is 0 Å². The Labute approximate surface area is 149 Å². The number of H-pyrrole nitrogens is 2. The largest absolute Gasteiger partial charge is 0.352 e. The molecule has 2 heterocycles. The van der Waals surface area contributed by atoms with Crippen molar-refractivity contribution in [2.45, 2.75) is 12.8 Å². The third-order valence-corrected chi connectivity index (χ3v) is 5.76. The lowest BCUT2D eigenvalue weighted by Gasteiger charge is -2.30. The van der Waals surface area contributed by atoms with Crippen molar-refractivity contribution in [2.75, 3.05) is 25.9 Å². The predicted molar refractivity (Wildman–Crippen MR) is 96.7 cm³/mol. The average molecular weight is 380 g/mol. The van der Waals surface area contributed by atoms with Gasteiger partial charge in [-0.15, -0.1) is 0 Å². The van der Waals surface area contributed by atoms with E-state index in [1.807, 2.05) is 0 Å². The lowest BCUT2D eigenvalue weighted by molar-refractivity contribution is 0.0941. The topological polar surface area (TPSA) is 132 Å². The van der Waals surface area contributed by atoms with Crippen molar-refractivity contribution in [2.24, 2.45) is 5.92 Å². The number of rotatable bonds is 4. The maximum absolute atomic E-state index is 12.4. The molecule has 0 spiro atoms. The third kappa shape index (κ3) is 4.02. The van der Waals surface area contributed by atoms with Crippen LogP contribution >= 0.6 is 0 Å². The van der Waals surface area contributed by atoms with Gasteiger partial charge in [0, 0.05) is 25.2 Å². The number of nitrogens with one attached hydrogen (secondary N) is 3. The summed E-state index contributed by atoms with van der Waals surface area (Å²) in [5.74, 6) is -0.269. The van der Waals surface area contributed by atoms with E-state index in [2.05, 4.69) is 15.3 Å². The number of amides is 1. The van der Waals surface area contributed by atoms with Gasteiger partial charge < -0.3 is 15.3 Å². The Kier molecular flexibility index (Phi) is 4.97. The molecule has 26 heavy (non-hydrogen) atoms. The molecular weight excluding hydrogens is 360 g/mol. The van der Waals surface area contributed by atoms with E-state index in [9.17, 15) is 22.8 Å². The summed E-state index contributed by atoms with van der Waals surface area (Å²) < 4.78 is 24.7. The van der Waals surface area contributed by atoms with Crippen LogP contribution in [0.2, 0.25) is 0 Å². The number of carbonyl (C=O) groups is 1. The predicted octanol–water partition coefficient (Wildman–Crippen LogP) is -0.382. The first kappa shape index (κ1) is 18.3. The zero-order valence-electron chi connectivity index (χ0n) is 14.2. The molecule has 0 bridgehead atoms. The highest BCUT2D eigenvalue weighted by molar-refractivity contribution is 7.88. The van der Waals surface area contributed by atoms with Crippen molar-refractivity contribution in [3.63, 3.8) is 0 Å². The molecular formula is C16H20N4O5S. The molecule has 2 aromatic rings. The first-order valence-electron chi connectivity index (χ1n) is 8.24. The summed E-state index contributed by atoms with van der Waals surface area (Å²) in [6.07, 6.45) is 2.80. The molecule has 1 aliphatic rings. The fraction of sp³-hybridized carbons (Fsp3) is 0.438. The summed E-state index contributed by atoms with van der Waals surface area (Å²) in [5.41, 5.74) is -0.387. The fourth-order valence-corrected chi connectivity index (χ4v) is 4.03. The quantitative estimate of drug-likeness (QED) is 0.622. The van der Waals surface area contributed by atoms with Gasteiger partial charge in [-0.1, -0.05) is 0 Å². The second-order valence-electron chi connectivity index (χ2n) is 6.51. The zero-order valence-corrected chi connectivity index (χ0v) is 15.1. The smallest absolute Gasteiger partial charge is 0.314 e. The van der Waals surface area contributed by atoms with Gasteiger partial charge in [0.05, 0.1) is 17.3 Å². The number of hydrogen-bond acceptors (Lipinski definition) is 5. The Hall–Kier alpha value is -2.46. The minimum atomic E-state index is -3.22. The SMILES string of the molecule is CS(=O)(=O)N1CCC[C@H](CNC(=O)c2ccc3[nH]c(=O)c(=O)[nH]c3c2)C1. The van der Waals surface area contributed by atoms with Crippen LogP contribution in [0.15, 0.2) is 27.8 Å². The van der Waals surface area contributed by atoms with Crippen LogP contribution in [-0.2, 0) is 10.0 Å². The average Bonchev–Trinajstić information content (AvgIpc) is 2.60. The lowest BCUT2D eigenvalue weighted by Crippen LogP contribution is -2.43. The van der Waals surface area contributed by atoms with E-state index < -0.39 is 21.1 Å². The minimum Gasteiger partial charge on any atom is -0.352 e. The van der Waals surface area contributed by atoms with Crippen LogP contribution in [0.5, 0.6) is 0 Å². The molecule has 9 nitrogen and oxygen atoms in total. The molecule has 1 fully saturated rings. The van der Waals surface area contributed by atoms with Crippen LogP contribution < -0.4 is 16.4 Å². The van der Waals surface area contributed by atoms with Gasteiger partial charge in [-0.05, 0) is 37.0 Å². The van der Waals surface area contributed by atoms with Crippen LogP contribution in [0.3, 0.4) is 0 Å². The zero-order chi connectivity index (χ0) is 18.9. The summed E-state index contributed by atoms with van der Waals surface area (Å²) in [7, 11) is -3.22. The number of carbonyl (C=O) groups excluding carboxylic acids is 1. The second-order valence-corrected chi connectivity index (χ2v) is 8.49. The van der Waals surface area contributed by atoms with Gasteiger partial charge in [-0.25, -0.2) is 12.7 Å². The van der Waals surface area contributed by atoms with Crippen molar-refractivity contribution in [3.8, 4) is 0 Å². The van der Waals surface area contributed by atoms with Crippen LogP contribution in [0.1, 0.15) is 23.2 Å². The third-order valence-electron chi connectivity index (χ3n) is 4.49. The molecule has 0 radical (unpaired) electrons. The summed E-state index contributed by atoms with van der Waals surface area (Å²) in [6, 6.07) is 4.59. The van der Waals surface area contributed by atoms with E-state index in [0.717, 1.165) is 12.8 Å². The van der Waals surface area contributed by atoms with Crippen molar-refractivity contribution in [3.05, 3.63) is 44.5 Å². The maximum atomic E-state index is 12.4. The molecule has 10 heteroatoms. The summed E-state index contributed by atoms with van der Waals surface area (Å²) in [5, 5.41) is 2.81. The highest BCUT2D eigenvalue weighted by Crippen LogP contribution is 2.18. The Bertz CT molecular complexity index is 1060. The number of hydrogen-bond donors (Lipinski definition) is 3.